The van der Waals surface area contributed by atoms with Crippen molar-refractivity contribution < 1.29 is 4.80 Å². The van der Waals surface area contributed by atoms with Gasteiger partial charge in [0.05, 0.1) is 0 Å². The van der Waals surface area contributed by atoms with E-state index in [-0.39, 0.29) is 5.04 Å². The minimum Gasteiger partial charge on any atom is -0.432 e. The molecule has 0 unspecified atom stereocenters. The Kier molecular flexibility index (Phi) is 5.98. The fourth-order valence-corrected chi connectivity index (χ4v) is 4.18. The zero-order valence-corrected chi connectivity index (χ0v) is 15.1. The van der Waals surface area contributed by atoms with Gasteiger partial charge >= 0.3 is 0 Å². The zero-order valence-electron chi connectivity index (χ0n) is 11.9. The highest BCUT2D eigenvalue weighted by Crippen LogP contribution is 2.43. The molecule has 0 aliphatic heterocycles. The van der Waals surface area contributed by atoms with Crippen LogP contribution in [0.2, 0.25) is 18.1 Å². The maximum Gasteiger partial charge on any atom is 0.188 e. The third-order valence-corrected chi connectivity index (χ3v) is 9.83. The smallest absolute Gasteiger partial charge is 0.188 e. The molecule has 0 heterocycles. The molecule has 0 radical (unpaired) electrons. The summed E-state index contributed by atoms with van der Waals surface area (Å²) in [6.07, 6.45) is 8.27. The Balaban J connectivity index is 2.33. The molecule has 0 bridgehead atoms. The summed E-state index contributed by atoms with van der Waals surface area (Å²) in [5.41, 5.74) is 0. The van der Waals surface area contributed by atoms with E-state index in [0.717, 1.165) is 11.8 Å². The molecule has 1 rings (SSSR count). The van der Waals surface area contributed by atoms with Gasteiger partial charge in [0.25, 0.3) is 0 Å². The van der Waals surface area contributed by atoms with Gasteiger partial charge in [-0.3, -0.25) is 0 Å². The SMILES string of the molecule is CC(C)(CCC1CCC(CI)CC1)[Si](C)(C)O. The summed E-state index contributed by atoms with van der Waals surface area (Å²) in [6, 6.07) is 0. The van der Waals surface area contributed by atoms with E-state index in [4.69, 9.17) is 0 Å². The number of alkyl halides is 1. The van der Waals surface area contributed by atoms with Gasteiger partial charge in [0.15, 0.2) is 8.32 Å². The van der Waals surface area contributed by atoms with Crippen molar-refractivity contribution >= 4 is 30.9 Å². The molecule has 0 spiro atoms. The lowest BCUT2D eigenvalue weighted by atomic mass is 9.80. The molecule has 1 nitrogen and oxygen atoms in total. The Morgan fingerprint density at radius 1 is 1.12 bits per heavy atom. The van der Waals surface area contributed by atoms with Crippen molar-refractivity contribution in [3.8, 4) is 0 Å². The van der Waals surface area contributed by atoms with Crippen molar-refractivity contribution in [2.45, 2.75) is 70.5 Å². The predicted molar refractivity (Wildman–Crippen MR) is 87.3 cm³/mol. The second-order valence-electron chi connectivity index (χ2n) is 7.02. The van der Waals surface area contributed by atoms with Gasteiger partial charge in [0.1, 0.15) is 0 Å². The van der Waals surface area contributed by atoms with Crippen molar-refractivity contribution in [3.63, 3.8) is 0 Å². The molecular weight excluding hydrogens is 339 g/mol. The predicted octanol–water partition coefficient (Wildman–Crippen LogP) is 4.99. The van der Waals surface area contributed by atoms with E-state index in [9.17, 15) is 4.80 Å². The van der Waals surface area contributed by atoms with Crippen LogP contribution in [0.5, 0.6) is 0 Å². The lowest BCUT2D eigenvalue weighted by Gasteiger charge is -2.37. The monoisotopic (exact) mass is 368 g/mol. The second kappa shape index (κ2) is 6.37. The molecule has 1 aliphatic carbocycles. The third kappa shape index (κ3) is 4.82. The lowest BCUT2D eigenvalue weighted by molar-refractivity contribution is 0.267. The van der Waals surface area contributed by atoms with Crippen LogP contribution in [0.15, 0.2) is 0 Å². The van der Waals surface area contributed by atoms with E-state index in [1.165, 1.54) is 43.0 Å². The molecule has 1 aliphatic rings. The number of rotatable bonds is 5. The first kappa shape index (κ1) is 16.0. The fraction of sp³-hybridized carbons (Fsp3) is 1.00. The van der Waals surface area contributed by atoms with Crippen LogP contribution in [-0.4, -0.2) is 17.5 Å². The maximum atomic E-state index is 10.3. The lowest BCUT2D eigenvalue weighted by Crippen LogP contribution is -2.39. The maximum absolute atomic E-state index is 10.3. The van der Waals surface area contributed by atoms with Crippen molar-refractivity contribution in [1.82, 2.24) is 0 Å². The van der Waals surface area contributed by atoms with Gasteiger partial charge in [0, 0.05) is 4.43 Å². The third-order valence-electron chi connectivity index (χ3n) is 5.02. The van der Waals surface area contributed by atoms with E-state index in [1.807, 2.05) is 0 Å². The van der Waals surface area contributed by atoms with Crippen LogP contribution in [0.3, 0.4) is 0 Å². The Hall–Kier alpha value is 0.907. The highest BCUT2D eigenvalue weighted by Gasteiger charge is 2.38. The minimum atomic E-state index is -1.99. The van der Waals surface area contributed by atoms with E-state index in [0.29, 0.717) is 0 Å². The van der Waals surface area contributed by atoms with Gasteiger partial charge in [-0.1, -0.05) is 55.7 Å². The summed E-state index contributed by atoms with van der Waals surface area (Å²) < 4.78 is 1.34. The Labute approximate surface area is 122 Å². The average Bonchev–Trinajstić information content (AvgIpc) is 2.25. The first-order chi connectivity index (χ1) is 7.76. The normalized spacial score (nSPS) is 27.2. The van der Waals surface area contributed by atoms with Crippen LogP contribution in [-0.2, 0) is 0 Å². The summed E-state index contributed by atoms with van der Waals surface area (Å²) in [5.74, 6) is 1.92. The van der Waals surface area contributed by atoms with E-state index < -0.39 is 8.32 Å². The van der Waals surface area contributed by atoms with Crippen molar-refractivity contribution in [2.75, 3.05) is 4.43 Å². The molecule has 0 amide bonds. The van der Waals surface area contributed by atoms with Crippen molar-refractivity contribution in [2.24, 2.45) is 11.8 Å². The Morgan fingerprint density at radius 3 is 2.00 bits per heavy atom. The molecule has 17 heavy (non-hydrogen) atoms. The summed E-state index contributed by atoms with van der Waals surface area (Å²) in [4.78, 5) is 10.3. The molecular formula is C14H29IOSi. The molecule has 1 N–H and O–H groups in total. The molecule has 3 heteroatoms. The van der Waals surface area contributed by atoms with Crippen LogP contribution in [0.4, 0.5) is 0 Å². The molecule has 0 aromatic rings. The Morgan fingerprint density at radius 2 is 1.59 bits per heavy atom. The molecule has 0 atom stereocenters. The van der Waals surface area contributed by atoms with E-state index in [1.54, 1.807) is 0 Å². The fourth-order valence-electron chi connectivity index (χ4n) is 2.55. The quantitative estimate of drug-likeness (QED) is 0.412. The Bertz CT molecular complexity index is 227. The van der Waals surface area contributed by atoms with Crippen LogP contribution >= 0.6 is 22.6 Å². The van der Waals surface area contributed by atoms with Gasteiger partial charge in [-0.25, -0.2) is 0 Å². The van der Waals surface area contributed by atoms with Crippen LogP contribution in [0.1, 0.15) is 52.4 Å². The molecule has 1 fully saturated rings. The molecule has 0 aromatic carbocycles. The summed E-state index contributed by atoms with van der Waals surface area (Å²) >= 11 is 2.53. The number of hydrogen-bond donors (Lipinski definition) is 1. The van der Waals surface area contributed by atoms with Crippen LogP contribution in [0, 0.1) is 11.8 Å². The first-order valence-electron chi connectivity index (χ1n) is 7.04. The van der Waals surface area contributed by atoms with Crippen LogP contribution < -0.4 is 0 Å². The number of hydrogen-bond acceptors (Lipinski definition) is 1. The second-order valence-corrected chi connectivity index (χ2v) is 12.4. The molecule has 1 saturated carbocycles. The minimum absolute atomic E-state index is 0.174. The first-order valence-corrected chi connectivity index (χ1v) is 11.5. The van der Waals surface area contributed by atoms with Gasteiger partial charge in [-0.2, -0.15) is 0 Å². The summed E-state index contributed by atoms with van der Waals surface area (Å²) in [7, 11) is -1.99. The largest absolute Gasteiger partial charge is 0.432 e. The zero-order chi connectivity index (χ0) is 13.1. The standard InChI is InChI=1S/C14H29IOSi/c1-14(2,17(3,4)16)10-9-12-5-7-13(11-15)8-6-12/h12-13,16H,5-11H2,1-4H3. The van der Waals surface area contributed by atoms with Gasteiger partial charge in [-0.05, 0) is 49.2 Å². The highest BCUT2D eigenvalue weighted by molar-refractivity contribution is 14.1. The molecule has 0 aromatic heterocycles. The average molecular weight is 368 g/mol. The van der Waals surface area contributed by atoms with Gasteiger partial charge in [0.2, 0.25) is 0 Å². The van der Waals surface area contributed by atoms with Crippen molar-refractivity contribution in [3.05, 3.63) is 0 Å². The summed E-state index contributed by atoms with van der Waals surface area (Å²) in [6.45, 7) is 8.69. The topological polar surface area (TPSA) is 20.2 Å². The van der Waals surface area contributed by atoms with E-state index in [2.05, 4.69) is 49.5 Å². The van der Waals surface area contributed by atoms with Crippen LogP contribution in [0.25, 0.3) is 0 Å². The summed E-state index contributed by atoms with van der Waals surface area (Å²) in [5, 5.41) is 0.174. The number of halogens is 1. The van der Waals surface area contributed by atoms with E-state index >= 15 is 0 Å². The van der Waals surface area contributed by atoms with Gasteiger partial charge in [-0.15, -0.1) is 0 Å². The highest BCUT2D eigenvalue weighted by atomic mass is 127. The van der Waals surface area contributed by atoms with Gasteiger partial charge < -0.3 is 4.80 Å². The van der Waals surface area contributed by atoms with Crippen molar-refractivity contribution in [1.29, 1.82) is 0 Å². The molecule has 102 valence electrons. The molecule has 0 saturated heterocycles.